The van der Waals surface area contributed by atoms with Crippen molar-refractivity contribution in [2.24, 2.45) is 0 Å². The number of hydrogen-bond donors (Lipinski definition) is 0. The number of nitrogens with zero attached hydrogens (tertiary/aromatic N) is 2. The number of fused-ring (bicyclic) bond motifs is 2. The van der Waals surface area contributed by atoms with Gasteiger partial charge in [0.2, 0.25) is 17.4 Å². The lowest BCUT2D eigenvalue weighted by Crippen LogP contribution is -2.30. The Balaban J connectivity index is 1.34. The van der Waals surface area contributed by atoms with Crippen LogP contribution in [0.15, 0.2) is 70.5 Å². The zero-order chi connectivity index (χ0) is 25.1. The van der Waals surface area contributed by atoms with E-state index in [9.17, 15) is 9.90 Å². The van der Waals surface area contributed by atoms with Crippen LogP contribution in [0.1, 0.15) is 11.1 Å². The molecule has 5 rings (SSSR count). The van der Waals surface area contributed by atoms with Gasteiger partial charge in [0.1, 0.15) is 17.7 Å². The molecule has 0 spiro atoms. The van der Waals surface area contributed by atoms with E-state index in [2.05, 4.69) is 4.98 Å². The molecule has 4 aromatic rings. The first-order valence-electron chi connectivity index (χ1n) is 11.5. The largest absolute Gasteiger partial charge is 0.868 e. The van der Waals surface area contributed by atoms with Gasteiger partial charge in [-0.1, -0.05) is 36.4 Å². The normalized spacial score (nSPS) is 13.2. The van der Waals surface area contributed by atoms with Crippen LogP contribution in [0.2, 0.25) is 0 Å². The van der Waals surface area contributed by atoms with E-state index < -0.39 is 10.9 Å². The van der Waals surface area contributed by atoms with E-state index in [1.54, 1.807) is 30.0 Å². The smallest absolute Gasteiger partial charge is 0.307 e. The van der Waals surface area contributed by atoms with Gasteiger partial charge in [-0.3, -0.25) is 9.36 Å². The fourth-order valence-electron chi connectivity index (χ4n) is 4.19. The molecule has 0 aliphatic carbocycles. The molecule has 0 saturated heterocycles. The number of aromatic nitrogens is 2. The first-order chi connectivity index (χ1) is 17.6. The average Bonchev–Trinajstić information content (AvgIpc) is 3.38. The number of benzene rings is 2. The number of pyridine rings is 2. The molecule has 1 aliphatic rings. The summed E-state index contributed by atoms with van der Waals surface area (Å²) in [7, 11) is 0.966. The Labute approximate surface area is 211 Å². The molecule has 0 radical (unpaired) electrons. The van der Waals surface area contributed by atoms with Crippen molar-refractivity contribution in [3.05, 3.63) is 82.3 Å². The van der Waals surface area contributed by atoms with E-state index in [1.165, 1.54) is 0 Å². The third-order valence-electron chi connectivity index (χ3n) is 5.99. The topological polar surface area (TPSA) is 94.9 Å². The van der Waals surface area contributed by atoms with Gasteiger partial charge >= 0.3 is 5.56 Å². The van der Waals surface area contributed by atoms with Crippen molar-refractivity contribution in [2.75, 3.05) is 32.5 Å². The summed E-state index contributed by atoms with van der Waals surface area (Å²) >= 11 is 0. The maximum absolute atomic E-state index is 13.5. The monoisotopic (exact) mass is 506 g/mol. The predicted octanol–water partition coefficient (Wildman–Crippen LogP) is 3.08. The van der Waals surface area contributed by atoms with Crippen molar-refractivity contribution in [2.45, 2.75) is 18.0 Å². The second-order valence-electron chi connectivity index (χ2n) is 8.34. The molecule has 2 aromatic heterocycles. The Morgan fingerprint density at radius 2 is 1.94 bits per heavy atom. The number of methoxy groups -OCH3 is 1. The summed E-state index contributed by atoms with van der Waals surface area (Å²) in [6, 6.07) is 16.9. The zero-order valence-electron chi connectivity index (χ0n) is 20.1. The molecule has 0 N–H and O–H groups in total. The molecule has 0 saturated carbocycles. The molecule has 1 unspecified atom stereocenters. The number of rotatable bonds is 9. The van der Waals surface area contributed by atoms with Gasteiger partial charge in [0.05, 0.1) is 26.9 Å². The van der Waals surface area contributed by atoms with Crippen LogP contribution in [0.4, 0.5) is 0 Å². The van der Waals surface area contributed by atoms with Gasteiger partial charge in [0.15, 0.2) is 11.5 Å². The van der Waals surface area contributed by atoms with Crippen LogP contribution in [0.25, 0.3) is 11.0 Å². The SMILES string of the molecule is COc1cc(COCC[S+](C)c2c([O-])c3cccnc3n(Cc3ccccc3)c2=O)cc2c1OCO2. The van der Waals surface area contributed by atoms with E-state index in [4.69, 9.17) is 18.9 Å². The number of hydrogen-bond acceptors (Lipinski definition) is 7. The van der Waals surface area contributed by atoms with Crippen molar-refractivity contribution in [1.29, 1.82) is 0 Å². The lowest BCUT2D eigenvalue weighted by atomic mass is 10.2. The highest BCUT2D eigenvalue weighted by Gasteiger charge is 2.26. The van der Waals surface area contributed by atoms with Crippen LogP contribution in [-0.2, 0) is 28.8 Å². The van der Waals surface area contributed by atoms with E-state index in [-0.39, 0.29) is 18.1 Å². The molecular weight excluding hydrogens is 480 g/mol. The Morgan fingerprint density at radius 3 is 2.75 bits per heavy atom. The highest BCUT2D eigenvalue weighted by molar-refractivity contribution is 7.96. The Hall–Kier alpha value is -3.69. The first kappa shape index (κ1) is 24.0. The van der Waals surface area contributed by atoms with Crippen molar-refractivity contribution >= 4 is 21.9 Å². The van der Waals surface area contributed by atoms with Gasteiger partial charge < -0.3 is 24.1 Å². The summed E-state index contributed by atoms with van der Waals surface area (Å²) in [5.41, 5.74) is 1.97. The average molecular weight is 507 g/mol. The molecule has 0 fully saturated rings. The Kier molecular flexibility index (Phi) is 7.02. The maximum Gasteiger partial charge on any atom is 0.307 e. The van der Waals surface area contributed by atoms with E-state index in [0.717, 1.165) is 11.1 Å². The van der Waals surface area contributed by atoms with Gasteiger partial charge in [0, 0.05) is 22.5 Å². The summed E-state index contributed by atoms with van der Waals surface area (Å²) in [5.74, 6) is 2.11. The van der Waals surface area contributed by atoms with Crippen LogP contribution in [0.5, 0.6) is 23.0 Å². The van der Waals surface area contributed by atoms with Crippen LogP contribution < -0.4 is 24.9 Å². The molecule has 9 heteroatoms. The van der Waals surface area contributed by atoms with Gasteiger partial charge in [-0.2, -0.15) is 0 Å². The van der Waals surface area contributed by atoms with Crippen LogP contribution in [0.3, 0.4) is 0 Å². The third kappa shape index (κ3) is 4.72. The third-order valence-corrected chi connectivity index (χ3v) is 7.82. The van der Waals surface area contributed by atoms with Gasteiger partial charge in [-0.15, -0.1) is 0 Å². The first-order valence-corrected chi connectivity index (χ1v) is 13.3. The molecule has 36 heavy (non-hydrogen) atoms. The van der Waals surface area contributed by atoms with Gasteiger partial charge in [0.25, 0.3) is 0 Å². The fourth-order valence-corrected chi connectivity index (χ4v) is 5.60. The highest BCUT2D eigenvalue weighted by atomic mass is 32.2. The minimum absolute atomic E-state index is 0.162. The summed E-state index contributed by atoms with van der Waals surface area (Å²) in [4.78, 5) is 18.2. The fraction of sp³-hybridized carbons (Fsp3) is 0.259. The van der Waals surface area contributed by atoms with E-state index in [1.807, 2.05) is 48.7 Å². The van der Waals surface area contributed by atoms with E-state index in [0.29, 0.717) is 58.7 Å². The minimum atomic E-state index is -0.612. The molecule has 0 bridgehead atoms. The lowest BCUT2D eigenvalue weighted by molar-refractivity contribution is -0.270. The minimum Gasteiger partial charge on any atom is -0.868 e. The summed E-state index contributed by atoms with van der Waals surface area (Å²) in [6.45, 7) is 1.24. The molecule has 1 atom stereocenters. The van der Waals surface area contributed by atoms with Crippen LogP contribution >= 0.6 is 0 Å². The van der Waals surface area contributed by atoms with Gasteiger partial charge in [-0.05, 0) is 35.1 Å². The summed E-state index contributed by atoms with van der Waals surface area (Å²) < 4.78 is 23.8. The van der Waals surface area contributed by atoms with Crippen molar-refractivity contribution in [3.63, 3.8) is 0 Å². The zero-order valence-corrected chi connectivity index (χ0v) is 20.9. The second-order valence-corrected chi connectivity index (χ2v) is 10.4. The molecule has 2 aromatic carbocycles. The van der Waals surface area contributed by atoms with Crippen LogP contribution in [-0.4, -0.2) is 42.1 Å². The Morgan fingerprint density at radius 1 is 1.11 bits per heavy atom. The molecular formula is C27H26N2O6S. The van der Waals surface area contributed by atoms with Crippen molar-refractivity contribution in [1.82, 2.24) is 9.55 Å². The van der Waals surface area contributed by atoms with Crippen molar-refractivity contribution in [3.8, 4) is 23.0 Å². The Bertz CT molecular complexity index is 1440. The van der Waals surface area contributed by atoms with Crippen LogP contribution in [0, 0.1) is 0 Å². The molecule has 1 aliphatic heterocycles. The lowest BCUT2D eigenvalue weighted by Gasteiger charge is -2.18. The van der Waals surface area contributed by atoms with Gasteiger partial charge in [-0.25, -0.2) is 4.98 Å². The summed E-state index contributed by atoms with van der Waals surface area (Å²) in [5, 5.41) is 13.8. The standard InChI is InChI=1S/C27H26N2O6S/c1-32-21-13-19(14-22-24(21)35-17-34-22)16-33-11-12-36(2)25-23(30)20-9-6-10-28-26(20)29(27(25)31)15-18-7-4-3-5-8-18/h3-10,13-14H,11-12,15-17H2,1-2H3. The second kappa shape index (κ2) is 10.5. The summed E-state index contributed by atoms with van der Waals surface area (Å²) in [6.07, 6.45) is 3.52. The highest BCUT2D eigenvalue weighted by Crippen LogP contribution is 2.42. The quantitative estimate of drug-likeness (QED) is 0.254. The molecule has 0 amide bonds. The maximum atomic E-state index is 13.5. The van der Waals surface area contributed by atoms with E-state index >= 15 is 0 Å². The van der Waals surface area contributed by atoms with Crippen molar-refractivity contribution < 1.29 is 24.1 Å². The number of ether oxygens (including phenoxy) is 4. The molecule has 186 valence electrons. The predicted molar refractivity (Wildman–Crippen MR) is 136 cm³/mol. The molecule has 3 heterocycles. The molecule has 8 nitrogen and oxygen atoms in total.